The van der Waals surface area contributed by atoms with Crippen molar-refractivity contribution in [1.29, 1.82) is 0 Å². The minimum atomic E-state index is -0.0398. The maximum atomic E-state index is 12.5. The molecule has 4 atom stereocenters. The van der Waals surface area contributed by atoms with Crippen LogP contribution in [-0.2, 0) is 16.0 Å². The van der Waals surface area contributed by atoms with E-state index in [1.54, 1.807) is 0 Å². The van der Waals surface area contributed by atoms with Gasteiger partial charge in [0.2, 0.25) is 0 Å². The van der Waals surface area contributed by atoms with Crippen molar-refractivity contribution >= 4 is 28.6 Å². The fraction of sp³-hybridized carbons (Fsp3) is 0.611. The highest BCUT2D eigenvalue weighted by Crippen LogP contribution is 2.42. The molecular formula is C18H24INO2. The number of hydrogen-bond acceptors (Lipinski definition) is 3. The standard InChI is InChI=1S/C18H24INO2/c1-3-11-5-6-12(9-15(11)19)14-10-13-7-8-16(20-13)17(14)18(21)22-4-2/h5-6,9,13-14,16-17,20H,3-4,7-8,10H2,1-2H3/t13?,14-,16?,17?/m1/s1. The number of ether oxygens (including phenoxy) is 1. The lowest BCUT2D eigenvalue weighted by molar-refractivity contribution is -0.150. The number of carbonyl (C=O) groups is 1. The molecule has 0 saturated carbocycles. The minimum Gasteiger partial charge on any atom is -0.466 e. The van der Waals surface area contributed by atoms with Crippen molar-refractivity contribution in [3.8, 4) is 0 Å². The van der Waals surface area contributed by atoms with Crippen LogP contribution in [-0.4, -0.2) is 24.7 Å². The van der Waals surface area contributed by atoms with Crippen molar-refractivity contribution in [2.45, 2.75) is 57.5 Å². The molecule has 0 aliphatic carbocycles. The van der Waals surface area contributed by atoms with Crippen molar-refractivity contribution in [2.75, 3.05) is 6.61 Å². The van der Waals surface area contributed by atoms with Gasteiger partial charge >= 0.3 is 5.97 Å². The molecule has 1 aromatic carbocycles. The predicted octanol–water partition coefficient (Wildman–Crippen LogP) is 3.64. The lowest BCUT2D eigenvalue weighted by Gasteiger charge is -2.36. The van der Waals surface area contributed by atoms with Crippen LogP contribution in [0.5, 0.6) is 0 Å². The third-order valence-electron chi connectivity index (χ3n) is 5.13. The molecule has 1 N–H and O–H groups in total. The van der Waals surface area contributed by atoms with Gasteiger partial charge in [0.1, 0.15) is 0 Å². The molecule has 3 nitrogen and oxygen atoms in total. The smallest absolute Gasteiger partial charge is 0.311 e. The molecule has 2 fully saturated rings. The van der Waals surface area contributed by atoms with Crippen LogP contribution in [0.1, 0.15) is 50.2 Å². The molecule has 3 rings (SSSR count). The summed E-state index contributed by atoms with van der Waals surface area (Å²) >= 11 is 2.42. The summed E-state index contributed by atoms with van der Waals surface area (Å²) in [7, 11) is 0. The van der Waals surface area contributed by atoms with Crippen LogP contribution in [0.4, 0.5) is 0 Å². The first-order valence-electron chi connectivity index (χ1n) is 8.35. The van der Waals surface area contributed by atoms with Crippen LogP contribution in [0.25, 0.3) is 0 Å². The number of fused-ring (bicyclic) bond motifs is 2. The van der Waals surface area contributed by atoms with E-state index in [2.05, 4.69) is 53.0 Å². The van der Waals surface area contributed by atoms with Crippen molar-refractivity contribution in [1.82, 2.24) is 5.32 Å². The fourth-order valence-corrected chi connectivity index (χ4v) is 4.96. The third-order valence-corrected chi connectivity index (χ3v) is 6.13. The molecule has 3 unspecified atom stereocenters. The van der Waals surface area contributed by atoms with Crippen LogP contribution >= 0.6 is 22.6 Å². The number of carbonyl (C=O) groups excluding carboxylic acids is 1. The Morgan fingerprint density at radius 3 is 2.86 bits per heavy atom. The SMILES string of the molecule is CCOC(=O)C1C2CCC(C[C@@H]1c1ccc(CC)c(I)c1)N2. The molecule has 2 aliphatic rings. The second kappa shape index (κ2) is 6.87. The molecule has 1 aromatic rings. The lowest BCUT2D eigenvalue weighted by Crippen LogP contribution is -2.48. The summed E-state index contributed by atoms with van der Waals surface area (Å²) in [6, 6.07) is 7.57. The van der Waals surface area contributed by atoms with Crippen molar-refractivity contribution in [2.24, 2.45) is 5.92 Å². The maximum absolute atomic E-state index is 12.5. The van der Waals surface area contributed by atoms with E-state index in [0.29, 0.717) is 12.6 Å². The van der Waals surface area contributed by atoms with E-state index in [1.807, 2.05) is 6.92 Å². The minimum absolute atomic E-state index is 0.0278. The third kappa shape index (κ3) is 3.04. The summed E-state index contributed by atoms with van der Waals surface area (Å²) in [4.78, 5) is 12.5. The van der Waals surface area contributed by atoms with Crippen molar-refractivity contribution < 1.29 is 9.53 Å². The van der Waals surface area contributed by atoms with Crippen LogP contribution in [0.2, 0.25) is 0 Å². The molecule has 0 aromatic heterocycles. The van der Waals surface area contributed by atoms with Gasteiger partial charge in [-0.1, -0.05) is 19.1 Å². The normalized spacial score (nSPS) is 30.3. The first kappa shape index (κ1) is 16.2. The van der Waals surface area contributed by atoms with E-state index in [1.165, 1.54) is 21.1 Å². The fourth-order valence-electron chi connectivity index (χ4n) is 4.04. The Bertz CT molecular complexity index is 560. The van der Waals surface area contributed by atoms with Crippen LogP contribution in [0, 0.1) is 9.49 Å². The second-order valence-corrected chi connectivity index (χ2v) is 7.53. The number of benzene rings is 1. The van der Waals surface area contributed by atoms with Gasteiger partial charge in [0.25, 0.3) is 0 Å². The summed E-state index contributed by atoms with van der Waals surface area (Å²) in [6.07, 6.45) is 4.37. The number of piperidine rings is 1. The number of nitrogens with one attached hydrogen (secondary N) is 1. The zero-order valence-corrected chi connectivity index (χ0v) is 15.4. The number of hydrogen-bond donors (Lipinski definition) is 1. The van der Waals surface area contributed by atoms with Gasteiger partial charge in [-0.15, -0.1) is 0 Å². The average Bonchev–Trinajstić information content (AvgIpc) is 2.88. The van der Waals surface area contributed by atoms with Gasteiger partial charge in [0.15, 0.2) is 0 Å². The number of aryl methyl sites for hydroxylation is 1. The molecule has 0 radical (unpaired) electrons. The zero-order valence-electron chi connectivity index (χ0n) is 13.3. The second-order valence-electron chi connectivity index (χ2n) is 6.37. The largest absolute Gasteiger partial charge is 0.466 e. The molecule has 0 amide bonds. The lowest BCUT2D eigenvalue weighted by atomic mass is 9.77. The summed E-state index contributed by atoms with van der Waals surface area (Å²) in [5, 5.41) is 3.61. The Hall–Kier alpha value is -0.620. The van der Waals surface area contributed by atoms with Crippen LogP contribution < -0.4 is 5.32 Å². The van der Waals surface area contributed by atoms with Crippen LogP contribution in [0.3, 0.4) is 0 Å². The van der Waals surface area contributed by atoms with Gasteiger partial charge in [-0.3, -0.25) is 4.79 Å². The topological polar surface area (TPSA) is 38.3 Å². The molecule has 0 spiro atoms. The molecule has 4 heteroatoms. The van der Waals surface area contributed by atoms with Crippen LogP contribution in [0.15, 0.2) is 18.2 Å². The van der Waals surface area contributed by atoms with Gasteiger partial charge in [0.05, 0.1) is 12.5 Å². The maximum Gasteiger partial charge on any atom is 0.311 e. The number of esters is 1. The molecular weight excluding hydrogens is 389 g/mol. The Morgan fingerprint density at radius 2 is 2.18 bits per heavy atom. The Morgan fingerprint density at radius 1 is 1.36 bits per heavy atom. The first-order valence-corrected chi connectivity index (χ1v) is 9.42. The molecule has 2 bridgehead atoms. The van der Waals surface area contributed by atoms with Gasteiger partial charge in [0, 0.05) is 21.6 Å². The number of halogens is 1. The number of rotatable bonds is 4. The van der Waals surface area contributed by atoms with E-state index in [9.17, 15) is 4.79 Å². The Labute approximate surface area is 146 Å². The highest BCUT2D eigenvalue weighted by atomic mass is 127. The molecule has 2 saturated heterocycles. The molecule has 22 heavy (non-hydrogen) atoms. The van der Waals surface area contributed by atoms with Gasteiger partial charge in [-0.05, 0) is 72.4 Å². The summed E-state index contributed by atoms with van der Waals surface area (Å²) < 4.78 is 6.69. The molecule has 2 heterocycles. The average molecular weight is 413 g/mol. The Kier molecular flexibility index (Phi) is 5.07. The van der Waals surface area contributed by atoms with E-state index in [4.69, 9.17) is 4.74 Å². The highest BCUT2D eigenvalue weighted by Gasteiger charge is 2.46. The summed E-state index contributed by atoms with van der Waals surface area (Å²) in [6.45, 7) is 4.54. The van der Waals surface area contributed by atoms with E-state index in [-0.39, 0.29) is 23.8 Å². The van der Waals surface area contributed by atoms with E-state index < -0.39 is 0 Å². The monoisotopic (exact) mass is 413 g/mol. The van der Waals surface area contributed by atoms with E-state index in [0.717, 1.165) is 19.3 Å². The first-order chi connectivity index (χ1) is 10.6. The van der Waals surface area contributed by atoms with Crippen molar-refractivity contribution in [3.63, 3.8) is 0 Å². The van der Waals surface area contributed by atoms with Gasteiger partial charge in [-0.2, -0.15) is 0 Å². The van der Waals surface area contributed by atoms with Gasteiger partial charge < -0.3 is 10.1 Å². The van der Waals surface area contributed by atoms with E-state index >= 15 is 0 Å². The molecule has 2 aliphatic heterocycles. The van der Waals surface area contributed by atoms with Crippen molar-refractivity contribution in [3.05, 3.63) is 32.9 Å². The Balaban J connectivity index is 1.91. The zero-order chi connectivity index (χ0) is 15.7. The predicted molar refractivity (Wildman–Crippen MR) is 96.0 cm³/mol. The summed E-state index contributed by atoms with van der Waals surface area (Å²) in [5.41, 5.74) is 2.69. The quantitative estimate of drug-likeness (QED) is 0.605. The highest BCUT2D eigenvalue weighted by molar-refractivity contribution is 14.1. The summed E-state index contributed by atoms with van der Waals surface area (Å²) in [5.74, 6) is 0.221. The molecule has 120 valence electrons. The van der Waals surface area contributed by atoms with Gasteiger partial charge in [-0.25, -0.2) is 0 Å².